The van der Waals surface area contributed by atoms with Crippen LogP contribution in [0.5, 0.6) is 0 Å². The smallest absolute Gasteiger partial charge is 0.124 e. The Bertz CT molecular complexity index is 2630. The number of fused-ring (bicyclic) bond motifs is 8. The van der Waals surface area contributed by atoms with Crippen LogP contribution in [0.3, 0.4) is 0 Å². The fourth-order valence-electron chi connectivity index (χ4n) is 6.95. The topological polar surface area (TPSA) is 38.9 Å². The molecule has 0 atom stereocenters. The maximum atomic E-state index is 13.8. The van der Waals surface area contributed by atoms with Crippen molar-refractivity contribution in [1.82, 2.24) is 9.97 Å². The number of benzene rings is 6. The standard InChI is InChI=1S/C35H27FNO.C11H8N.Ir/c1-19(2)24-6-5-7-30-32-18-22(17-31(20(3)4)35(32)38-34(24)30)33-29-13-12-26-25-11-9-23(36)16-21(25)8-10-27(26)28(29)14-15-37-33;1-2-6-10(7-3-1)11-8-4-5-9-12-11;/h5-16,18-20H,1-4H3;1-6,8-9H;/q2*-1;. The van der Waals surface area contributed by atoms with Gasteiger partial charge in [-0.05, 0) is 85.4 Å². The Balaban J connectivity index is 0.000000265. The van der Waals surface area contributed by atoms with E-state index < -0.39 is 0 Å². The van der Waals surface area contributed by atoms with Gasteiger partial charge in [0.2, 0.25) is 0 Å². The number of furan rings is 1. The van der Waals surface area contributed by atoms with E-state index in [0.29, 0.717) is 5.92 Å². The van der Waals surface area contributed by atoms with Crippen molar-refractivity contribution >= 4 is 54.3 Å². The molecule has 0 saturated heterocycles. The second kappa shape index (κ2) is 14.2. The average molecular weight is 843 g/mol. The van der Waals surface area contributed by atoms with E-state index in [1.807, 2.05) is 60.8 Å². The summed E-state index contributed by atoms with van der Waals surface area (Å²) < 4.78 is 20.4. The minimum atomic E-state index is -0.219. The molecule has 3 aromatic heterocycles. The van der Waals surface area contributed by atoms with Gasteiger partial charge in [-0.25, -0.2) is 4.39 Å². The third kappa shape index (κ3) is 6.33. The number of pyridine rings is 2. The van der Waals surface area contributed by atoms with Crippen molar-refractivity contribution in [2.24, 2.45) is 0 Å². The zero-order valence-electron chi connectivity index (χ0n) is 28.8. The first-order valence-corrected chi connectivity index (χ1v) is 17.1. The molecule has 51 heavy (non-hydrogen) atoms. The van der Waals surface area contributed by atoms with Gasteiger partial charge in [0.1, 0.15) is 11.4 Å². The third-order valence-electron chi connectivity index (χ3n) is 9.41. The van der Waals surface area contributed by atoms with Gasteiger partial charge in [-0.1, -0.05) is 99.3 Å². The molecule has 9 aromatic rings. The Hall–Kier alpha value is -5.22. The molecular weight excluding hydrogens is 808 g/mol. The van der Waals surface area contributed by atoms with Crippen LogP contribution in [-0.4, -0.2) is 9.97 Å². The van der Waals surface area contributed by atoms with E-state index in [1.54, 1.807) is 12.3 Å². The fourth-order valence-corrected chi connectivity index (χ4v) is 6.95. The van der Waals surface area contributed by atoms with Crippen LogP contribution in [-0.2, 0) is 20.1 Å². The van der Waals surface area contributed by atoms with Crippen LogP contribution in [0.25, 0.3) is 76.8 Å². The molecule has 3 heterocycles. The molecule has 0 unspecified atom stereocenters. The van der Waals surface area contributed by atoms with Crippen molar-refractivity contribution in [3.8, 4) is 22.5 Å². The van der Waals surface area contributed by atoms with Crippen LogP contribution >= 0.6 is 0 Å². The van der Waals surface area contributed by atoms with Gasteiger partial charge in [0.15, 0.2) is 0 Å². The van der Waals surface area contributed by atoms with Gasteiger partial charge < -0.3 is 14.4 Å². The van der Waals surface area contributed by atoms with Crippen LogP contribution in [0.4, 0.5) is 4.39 Å². The van der Waals surface area contributed by atoms with Crippen LogP contribution < -0.4 is 0 Å². The average Bonchev–Trinajstić information content (AvgIpc) is 3.53. The molecule has 0 aliphatic heterocycles. The molecule has 6 aromatic carbocycles. The summed E-state index contributed by atoms with van der Waals surface area (Å²) in [5.41, 5.74) is 8.04. The first-order valence-electron chi connectivity index (χ1n) is 17.1. The number of para-hydroxylation sites is 1. The van der Waals surface area contributed by atoms with Crippen molar-refractivity contribution in [2.45, 2.75) is 39.5 Å². The summed E-state index contributed by atoms with van der Waals surface area (Å²) in [4.78, 5) is 9.08. The summed E-state index contributed by atoms with van der Waals surface area (Å²) in [6.45, 7) is 8.77. The Morgan fingerprint density at radius 2 is 1.35 bits per heavy atom. The van der Waals surface area contributed by atoms with Gasteiger partial charge in [0.05, 0.1) is 5.58 Å². The van der Waals surface area contributed by atoms with Gasteiger partial charge in [-0.2, -0.15) is 0 Å². The minimum absolute atomic E-state index is 0. The molecule has 3 nitrogen and oxygen atoms in total. The molecule has 1 radical (unpaired) electrons. The van der Waals surface area contributed by atoms with Gasteiger partial charge in [0.25, 0.3) is 0 Å². The molecule has 0 aliphatic carbocycles. The van der Waals surface area contributed by atoms with Crippen molar-refractivity contribution in [2.75, 3.05) is 0 Å². The summed E-state index contributed by atoms with van der Waals surface area (Å²) in [5.74, 6) is 0.386. The normalized spacial score (nSPS) is 11.4. The zero-order valence-corrected chi connectivity index (χ0v) is 31.2. The fraction of sp³-hybridized carbons (Fsp3) is 0.130. The van der Waals surface area contributed by atoms with E-state index in [2.05, 4.69) is 93.3 Å². The van der Waals surface area contributed by atoms with Gasteiger partial charge in [-0.3, -0.25) is 0 Å². The largest absolute Gasteiger partial charge is 0.500 e. The summed E-state index contributed by atoms with van der Waals surface area (Å²) in [6.07, 6.45) is 3.67. The van der Waals surface area contributed by atoms with Crippen LogP contribution in [0, 0.1) is 17.9 Å². The van der Waals surface area contributed by atoms with Gasteiger partial charge in [0, 0.05) is 37.9 Å². The molecule has 9 rings (SSSR count). The molecule has 0 aliphatic rings. The Morgan fingerprint density at radius 3 is 2.12 bits per heavy atom. The monoisotopic (exact) mass is 843 g/mol. The predicted octanol–water partition coefficient (Wildman–Crippen LogP) is 12.8. The Labute approximate surface area is 310 Å². The zero-order chi connectivity index (χ0) is 34.4. The molecule has 253 valence electrons. The summed E-state index contributed by atoms with van der Waals surface area (Å²) in [5, 5.41) is 8.62. The maximum absolute atomic E-state index is 13.8. The third-order valence-corrected chi connectivity index (χ3v) is 9.41. The Kier molecular flexibility index (Phi) is 9.52. The molecule has 0 N–H and O–H groups in total. The minimum Gasteiger partial charge on any atom is -0.500 e. The first-order chi connectivity index (χ1) is 24.4. The van der Waals surface area contributed by atoms with E-state index in [9.17, 15) is 4.39 Å². The number of hydrogen-bond acceptors (Lipinski definition) is 3. The number of halogens is 1. The molecule has 0 saturated carbocycles. The van der Waals surface area contributed by atoms with Gasteiger partial charge in [-0.15, -0.1) is 53.6 Å². The molecule has 5 heteroatoms. The number of hydrogen-bond donors (Lipinski definition) is 0. The molecule has 0 bridgehead atoms. The summed E-state index contributed by atoms with van der Waals surface area (Å²) >= 11 is 0. The number of nitrogens with zero attached hydrogens (tertiary/aromatic N) is 2. The first kappa shape index (κ1) is 34.2. The number of rotatable bonds is 4. The van der Waals surface area contributed by atoms with Crippen LogP contribution in [0.2, 0.25) is 0 Å². The molecule has 0 spiro atoms. The second-order valence-corrected chi connectivity index (χ2v) is 13.3. The van der Waals surface area contributed by atoms with E-state index in [-0.39, 0.29) is 31.8 Å². The van der Waals surface area contributed by atoms with Crippen LogP contribution in [0.15, 0.2) is 132 Å². The summed E-state index contributed by atoms with van der Waals surface area (Å²) in [6, 6.07) is 44.5. The van der Waals surface area contributed by atoms with Crippen molar-refractivity contribution < 1.29 is 28.9 Å². The van der Waals surface area contributed by atoms with Crippen LogP contribution in [0.1, 0.15) is 50.7 Å². The quantitative estimate of drug-likeness (QED) is 0.131. The van der Waals surface area contributed by atoms with E-state index in [0.717, 1.165) is 82.3 Å². The maximum Gasteiger partial charge on any atom is 0.124 e. The predicted molar refractivity (Wildman–Crippen MR) is 205 cm³/mol. The van der Waals surface area contributed by atoms with E-state index in [4.69, 9.17) is 9.40 Å². The van der Waals surface area contributed by atoms with Crippen molar-refractivity contribution in [3.63, 3.8) is 0 Å². The van der Waals surface area contributed by atoms with Crippen molar-refractivity contribution in [1.29, 1.82) is 0 Å². The van der Waals surface area contributed by atoms with Gasteiger partial charge >= 0.3 is 0 Å². The number of aromatic nitrogens is 2. The van der Waals surface area contributed by atoms with E-state index >= 15 is 0 Å². The SMILES string of the molecule is CC(C)c1[c-]c(-c2nccc3c2ccc2c4ccc(F)cc4ccc32)cc2c1oc1c(C(C)C)cccc12.[Ir].[c-]1ccccc1-c1ccccn1. The van der Waals surface area contributed by atoms with Crippen molar-refractivity contribution in [3.05, 3.63) is 157 Å². The Morgan fingerprint density at radius 1 is 0.588 bits per heavy atom. The molecule has 0 amide bonds. The second-order valence-electron chi connectivity index (χ2n) is 13.3. The molecular formula is C46H35FIrN2O-2. The van der Waals surface area contributed by atoms with E-state index in [1.165, 1.54) is 11.6 Å². The molecule has 0 fully saturated rings. The summed E-state index contributed by atoms with van der Waals surface area (Å²) in [7, 11) is 0.